The molecule has 0 heterocycles. The van der Waals surface area contributed by atoms with Gasteiger partial charge in [0.1, 0.15) is 5.75 Å². The summed E-state index contributed by atoms with van der Waals surface area (Å²) < 4.78 is 5.42. The van der Waals surface area contributed by atoms with Gasteiger partial charge in [0.2, 0.25) is 0 Å². The summed E-state index contributed by atoms with van der Waals surface area (Å²) in [6, 6.07) is 126. The van der Waals surface area contributed by atoms with E-state index in [2.05, 4.69) is 331 Å². The predicted molar refractivity (Wildman–Crippen MR) is 397 cm³/mol. The second-order valence-electron chi connectivity index (χ2n) is 23.1. The number of ether oxygens (including phenoxy) is 1. The average Bonchev–Trinajstić information content (AvgIpc) is 2.86. The van der Waals surface area contributed by atoms with Gasteiger partial charge in [0.05, 0.1) is 12.0 Å². The SMILES string of the molecule is CN(c1ccc(-c2ccc(N(c3ccc(-c4ccccc4)cc3)c3ccc(-c4ccccc4)cc3)cc2)cc1)c1ccc([N+](=O)[O-])cc1.COc1cccc(N(C)c2ccc(-c3ccc(N(c4ccc(-c5ccccc5)cc4)c4ccc(-c5ccccc5)cc4)cc3)cc2)c1. The van der Waals surface area contributed by atoms with Gasteiger partial charge in [-0.05, 0) is 188 Å². The van der Waals surface area contributed by atoms with Crippen LogP contribution >= 0.6 is 0 Å². The van der Waals surface area contributed by atoms with Crippen LogP contribution < -0.4 is 24.3 Å². The van der Waals surface area contributed by atoms with Crippen molar-refractivity contribution in [1.82, 2.24) is 0 Å². The molecule has 0 N–H and O–H groups in total. The third kappa shape index (κ3) is 14.3. The largest absolute Gasteiger partial charge is 0.497 e. The van der Waals surface area contributed by atoms with Crippen LogP contribution in [0.4, 0.5) is 62.6 Å². The number of nitro groups is 1. The van der Waals surface area contributed by atoms with Crippen molar-refractivity contribution < 1.29 is 9.66 Å². The summed E-state index contributed by atoms with van der Waals surface area (Å²) in [6.07, 6.45) is 0. The zero-order valence-corrected chi connectivity index (χ0v) is 53.1. The van der Waals surface area contributed by atoms with E-state index < -0.39 is 0 Å². The van der Waals surface area contributed by atoms with Crippen molar-refractivity contribution in [2.45, 2.75) is 0 Å². The van der Waals surface area contributed by atoms with Crippen LogP contribution in [0.5, 0.6) is 5.75 Å². The van der Waals surface area contributed by atoms with Gasteiger partial charge in [0.25, 0.3) is 5.69 Å². The van der Waals surface area contributed by atoms with E-state index in [1.165, 1.54) is 67.8 Å². The van der Waals surface area contributed by atoms with Gasteiger partial charge in [-0.2, -0.15) is 0 Å². The van der Waals surface area contributed by atoms with Gasteiger partial charge in [-0.3, -0.25) is 10.1 Å². The lowest BCUT2D eigenvalue weighted by molar-refractivity contribution is -0.384. The number of nitro benzene ring substituents is 1. The molecule has 0 fully saturated rings. The molecule has 0 bridgehead atoms. The molecule has 14 aromatic carbocycles. The standard InChI is InChI=1S/C44H36N2O.C43H33N3O2/c1-45(43-14-9-15-44(32-43)47-2)39-24-16-37(17-25-39)38-22-30-42(31-23-38)46(40-26-18-35(19-27-40)33-10-5-3-6-11-33)41-28-20-36(21-29-41)34-12-7-4-8-13-34;1-44(39-28-30-43(31-29-39)46(47)48)38-20-12-36(13-21-38)37-18-26-42(27-19-37)45(40-22-14-34(15-23-40)32-8-4-2-5-9-32)41-24-16-35(17-25-41)33-10-6-3-7-11-33/h3-32H,1-2H3;2-31H,1H3. The molecule has 8 nitrogen and oxygen atoms in total. The highest BCUT2D eigenvalue weighted by molar-refractivity contribution is 5.84. The van der Waals surface area contributed by atoms with Gasteiger partial charge >= 0.3 is 0 Å². The van der Waals surface area contributed by atoms with E-state index in [1.54, 1.807) is 19.2 Å². The molecular formula is C87H69N5O3. The van der Waals surface area contributed by atoms with E-state index in [9.17, 15) is 10.1 Å². The van der Waals surface area contributed by atoms with Crippen molar-refractivity contribution in [2.75, 3.05) is 40.8 Å². The molecule has 0 saturated carbocycles. The second kappa shape index (κ2) is 28.8. The number of hydrogen-bond acceptors (Lipinski definition) is 7. The van der Waals surface area contributed by atoms with E-state index in [-0.39, 0.29) is 10.6 Å². The van der Waals surface area contributed by atoms with Crippen LogP contribution in [0, 0.1) is 10.1 Å². The molecule has 0 aromatic heterocycles. The van der Waals surface area contributed by atoms with Gasteiger partial charge in [0.15, 0.2) is 0 Å². The quantitative estimate of drug-likeness (QED) is 0.0626. The smallest absolute Gasteiger partial charge is 0.269 e. The number of non-ortho nitro benzene ring substituents is 1. The lowest BCUT2D eigenvalue weighted by Crippen LogP contribution is -2.10. The molecule has 0 saturated heterocycles. The Bertz CT molecular complexity index is 4610. The third-order valence-electron chi connectivity index (χ3n) is 17.2. The summed E-state index contributed by atoms with van der Waals surface area (Å²) in [7, 11) is 5.73. The molecule has 0 aliphatic rings. The molecule has 0 amide bonds. The molecule has 0 unspecified atom stereocenters. The van der Waals surface area contributed by atoms with E-state index in [0.29, 0.717) is 0 Å². The topological polar surface area (TPSA) is 65.3 Å². The molecule has 0 spiro atoms. The van der Waals surface area contributed by atoms with Gasteiger partial charge < -0.3 is 24.3 Å². The van der Waals surface area contributed by atoms with E-state index in [4.69, 9.17) is 4.74 Å². The van der Waals surface area contributed by atoms with Crippen LogP contribution in [0.2, 0.25) is 0 Å². The molecule has 460 valence electrons. The Morgan fingerprint density at radius 1 is 0.242 bits per heavy atom. The number of nitrogens with zero attached hydrogens (tertiary/aromatic N) is 5. The Labute approximate surface area is 556 Å². The monoisotopic (exact) mass is 1230 g/mol. The van der Waals surface area contributed by atoms with Crippen LogP contribution in [0.3, 0.4) is 0 Å². The molecule has 95 heavy (non-hydrogen) atoms. The highest BCUT2D eigenvalue weighted by Gasteiger charge is 2.17. The van der Waals surface area contributed by atoms with Crippen LogP contribution in [0.1, 0.15) is 0 Å². The maximum atomic E-state index is 11.0. The van der Waals surface area contributed by atoms with Crippen molar-refractivity contribution in [3.05, 3.63) is 374 Å². The minimum absolute atomic E-state index is 0.0814. The summed E-state index contributed by atoms with van der Waals surface area (Å²) in [5.41, 5.74) is 24.8. The average molecular weight is 1230 g/mol. The summed E-state index contributed by atoms with van der Waals surface area (Å²) in [5.74, 6) is 0.847. The number of rotatable bonds is 18. The summed E-state index contributed by atoms with van der Waals surface area (Å²) in [4.78, 5) is 19.4. The molecule has 14 aromatic rings. The predicted octanol–water partition coefficient (Wildman–Crippen LogP) is 23.8. The maximum Gasteiger partial charge on any atom is 0.269 e. The van der Waals surface area contributed by atoms with Crippen molar-refractivity contribution in [3.8, 4) is 72.5 Å². The molecule has 0 aliphatic carbocycles. The zero-order valence-electron chi connectivity index (χ0n) is 53.1. The first-order valence-electron chi connectivity index (χ1n) is 31.7. The molecule has 0 aliphatic heterocycles. The Hall–Kier alpha value is -12.5. The summed E-state index contributed by atoms with van der Waals surface area (Å²) in [6.45, 7) is 0. The lowest BCUT2D eigenvalue weighted by Gasteiger charge is -2.26. The molecule has 14 rings (SSSR count). The van der Waals surface area contributed by atoms with Crippen molar-refractivity contribution in [3.63, 3.8) is 0 Å². The molecule has 0 radical (unpaired) electrons. The van der Waals surface area contributed by atoms with E-state index in [1.807, 2.05) is 42.3 Å². The molecule has 8 heteroatoms. The fourth-order valence-electron chi connectivity index (χ4n) is 11.9. The number of benzene rings is 14. The first-order chi connectivity index (χ1) is 46.7. The fraction of sp³-hybridized carbons (Fsp3) is 0.0345. The van der Waals surface area contributed by atoms with Gasteiger partial charge in [-0.25, -0.2) is 0 Å². The Kier molecular flexibility index (Phi) is 18.6. The van der Waals surface area contributed by atoms with Crippen LogP contribution in [0.15, 0.2) is 364 Å². The number of hydrogen-bond donors (Lipinski definition) is 0. The summed E-state index contributed by atoms with van der Waals surface area (Å²) >= 11 is 0. The summed E-state index contributed by atoms with van der Waals surface area (Å²) in [5, 5.41) is 11.0. The van der Waals surface area contributed by atoms with Gasteiger partial charge in [0, 0.05) is 89.2 Å². The van der Waals surface area contributed by atoms with Crippen molar-refractivity contribution in [1.29, 1.82) is 0 Å². The fourth-order valence-corrected chi connectivity index (χ4v) is 11.9. The highest BCUT2D eigenvalue weighted by Crippen LogP contribution is 2.41. The van der Waals surface area contributed by atoms with Crippen molar-refractivity contribution in [2.24, 2.45) is 0 Å². The minimum Gasteiger partial charge on any atom is -0.497 e. The minimum atomic E-state index is -0.383. The Morgan fingerprint density at radius 3 is 0.684 bits per heavy atom. The normalized spacial score (nSPS) is 10.8. The van der Waals surface area contributed by atoms with Crippen LogP contribution in [-0.4, -0.2) is 26.1 Å². The number of anilines is 10. The number of methoxy groups -OCH3 is 1. The first kappa shape index (κ1) is 61.3. The van der Waals surface area contributed by atoms with Crippen LogP contribution in [-0.2, 0) is 0 Å². The molecule has 0 atom stereocenters. The van der Waals surface area contributed by atoms with Gasteiger partial charge in [-0.1, -0.05) is 224 Å². The second-order valence-corrected chi connectivity index (χ2v) is 23.1. The third-order valence-corrected chi connectivity index (χ3v) is 17.2. The zero-order chi connectivity index (χ0) is 64.9. The molecular weight excluding hydrogens is 1160 g/mol. The maximum absolute atomic E-state index is 11.0. The Balaban J connectivity index is 0.000000172. The van der Waals surface area contributed by atoms with E-state index >= 15 is 0 Å². The first-order valence-corrected chi connectivity index (χ1v) is 31.7. The Morgan fingerprint density at radius 2 is 0.453 bits per heavy atom. The van der Waals surface area contributed by atoms with Crippen molar-refractivity contribution >= 4 is 62.6 Å². The highest BCUT2D eigenvalue weighted by atomic mass is 16.6. The lowest BCUT2D eigenvalue weighted by atomic mass is 10.0. The van der Waals surface area contributed by atoms with Crippen LogP contribution in [0.25, 0.3) is 66.8 Å². The van der Waals surface area contributed by atoms with E-state index in [0.717, 1.165) is 73.8 Å². The van der Waals surface area contributed by atoms with Gasteiger partial charge in [-0.15, -0.1) is 0 Å².